The lowest BCUT2D eigenvalue weighted by atomic mass is 10.1. The van der Waals surface area contributed by atoms with Gasteiger partial charge in [-0.3, -0.25) is 13.9 Å². The summed E-state index contributed by atoms with van der Waals surface area (Å²) in [6, 6.07) is 12.1. The molecule has 0 radical (unpaired) electrons. The van der Waals surface area contributed by atoms with Gasteiger partial charge in [0.25, 0.3) is 0 Å². The third kappa shape index (κ3) is 7.85. The van der Waals surface area contributed by atoms with Crippen LogP contribution < -0.4 is 19.1 Å². The number of carbonyl (C=O) groups excluding carboxylic acids is 2. The number of unbranched alkanes of at least 4 members (excludes halogenated alkanes) is 1. The molecule has 0 saturated heterocycles. The zero-order valence-corrected chi connectivity index (χ0v) is 22.8. The monoisotopic (exact) mass is 531 g/mol. The first kappa shape index (κ1) is 28.3. The zero-order valence-electron chi connectivity index (χ0n) is 22.0. The molecule has 2 aromatic carbocycles. The van der Waals surface area contributed by atoms with E-state index in [4.69, 9.17) is 9.47 Å². The molecular formula is C27H37N3O6S. The highest BCUT2D eigenvalue weighted by molar-refractivity contribution is 7.92. The molecule has 1 aliphatic rings. The minimum atomic E-state index is -3.60. The van der Waals surface area contributed by atoms with Crippen LogP contribution in [0.5, 0.6) is 11.5 Å². The lowest BCUT2D eigenvalue weighted by Crippen LogP contribution is -2.48. The molecule has 9 nitrogen and oxygen atoms in total. The first-order valence-corrected chi connectivity index (χ1v) is 14.4. The topological polar surface area (TPSA) is 105 Å². The summed E-state index contributed by atoms with van der Waals surface area (Å²) in [6.07, 6.45) is 3.34. The van der Waals surface area contributed by atoms with E-state index in [0.29, 0.717) is 30.3 Å². The van der Waals surface area contributed by atoms with Gasteiger partial charge in [0, 0.05) is 32.1 Å². The van der Waals surface area contributed by atoms with Crippen molar-refractivity contribution >= 4 is 27.5 Å². The molecule has 0 spiro atoms. The van der Waals surface area contributed by atoms with E-state index in [1.54, 1.807) is 30.0 Å². The van der Waals surface area contributed by atoms with E-state index in [1.165, 1.54) is 4.31 Å². The van der Waals surface area contributed by atoms with Crippen LogP contribution in [-0.4, -0.2) is 57.3 Å². The van der Waals surface area contributed by atoms with Gasteiger partial charge in [-0.15, -0.1) is 0 Å². The molecule has 1 atom stereocenters. The summed E-state index contributed by atoms with van der Waals surface area (Å²) in [5, 5.41) is 2.91. The smallest absolute Gasteiger partial charge is 0.242 e. The summed E-state index contributed by atoms with van der Waals surface area (Å²) < 4.78 is 37.0. The number of aryl methyl sites for hydroxylation is 1. The third-order valence-electron chi connectivity index (χ3n) is 6.27. The van der Waals surface area contributed by atoms with Crippen molar-refractivity contribution < 1.29 is 27.5 Å². The van der Waals surface area contributed by atoms with Gasteiger partial charge in [-0.25, -0.2) is 8.42 Å². The van der Waals surface area contributed by atoms with Crippen LogP contribution in [0.4, 0.5) is 5.69 Å². The maximum atomic E-state index is 13.4. The quantitative estimate of drug-likeness (QED) is 0.396. The number of rotatable bonds is 13. The summed E-state index contributed by atoms with van der Waals surface area (Å²) in [5.41, 5.74) is 2.47. The Morgan fingerprint density at radius 3 is 2.43 bits per heavy atom. The van der Waals surface area contributed by atoms with Gasteiger partial charge in [0.15, 0.2) is 11.5 Å². The number of carbonyl (C=O) groups is 2. The minimum absolute atomic E-state index is 0.0905. The molecule has 37 heavy (non-hydrogen) atoms. The summed E-state index contributed by atoms with van der Waals surface area (Å²) in [4.78, 5) is 27.7. The second kappa shape index (κ2) is 12.8. The van der Waals surface area contributed by atoms with Gasteiger partial charge in [-0.1, -0.05) is 43.2 Å². The van der Waals surface area contributed by atoms with E-state index in [2.05, 4.69) is 5.32 Å². The number of nitrogens with zero attached hydrogens (tertiary/aromatic N) is 2. The van der Waals surface area contributed by atoms with Crippen molar-refractivity contribution in [3.63, 3.8) is 0 Å². The average molecular weight is 532 g/mol. The molecule has 202 valence electrons. The van der Waals surface area contributed by atoms with Gasteiger partial charge >= 0.3 is 0 Å². The molecule has 1 heterocycles. The Kier molecular flexibility index (Phi) is 9.79. The highest BCUT2D eigenvalue weighted by atomic mass is 32.2. The van der Waals surface area contributed by atoms with Gasteiger partial charge in [0.05, 0.1) is 11.9 Å². The van der Waals surface area contributed by atoms with Crippen LogP contribution in [0.25, 0.3) is 0 Å². The lowest BCUT2D eigenvalue weighted by molar-refractivity contribution is -0.140. The largest absolute Gasteiger partial charge is 0.454 e. The van der Waals surface area contributed by atoms with Crippen molar-refractivity contribution in [2.24, 2.45) is 0 Å². The number of benzene rings is 2. The predicted octanol–water partition coefficient (Wildman–Crippen LogP) is 3.60. The average Bonchev–Trinajstić information content (AvgIpc) is 3.33. The number of ether oxygens (including phenoxy) is 2. The van der Waals surface area contributed by atoms with Crippen LogP contribution >= 0.6 is 0 Å². The van der Waals surface area contributed by atoms with Crippen LogP contribution in [0.3, 0.4) is 0 Å². The standard InChI is InChI=1S/C27H37N3O6S/c1-5-6-15-28-27(32)21(3)29(18-22-11-9-20(2)10-12-22)26(31)8-7-16-30(37(4,33)34)23-13-14-24-25(17-23)36-19-35-24/h9-14,17,21H,5-8,15-16,18-19H2,1-4H3,(H,28,32). The van der Waals surface area contributed by atoms with Crippen LogP contribution in [0.2, 0.25) is 0 Å². The fourth-order valence-corrected chi connectivity index (χ4v) is 5.01. The van der Waals surface area contributed by atoms with E-state index < -0.39 is 16.1 Å². The van der Waals surface area contributed by atoms with Crippen LogP contribution in [0, 0.1) is 6.92 Å². The SMILES string of the molecule is CCCCNC(=O)C(C)N(Cc1ccc(C)cc1)C(=O)CCCN(c1ccc2c(c1)OCO2)S(C)(=O)=O. The molecule has 0 fully saturated rings. The molecule has 2 aromatic rings. The molecule has 1 N–H and O–H groups in total. The molecule has 1 unspecified atom stereocenters. The van der Waals surface area contributed by atoms with Crippen molar-refractivity contribution in [1.29, 1.82) is 0 Å². The molecule has 0 bridgehead atoms. The number of sulfonamides is 1. The number of fused-ring (bicyclic) bond motifs is 1. The van der Waals surface area contributed by atoms with Crippen molar-refractivity contribution in [2.45, 2.75) is 59.0 Å². The Morgan fingerprint density at radius 2 is 1.76 bits per heavy atom. The highest BCUT2D eigenvalue weighted by Crippen LogP contribution is 2.36. The van der Waals surface area contributed by atoms with Crippen molar-refractivity contribution in [2.75, 3.05) is 30.4 Å². The number of amides is 2. The fourth-order valence-electron chi connectivity index (χ4n) is 4.05. The van der Waals surface area contributed by atoms with E-state index in [0.717, 1.165) is 30.2 Å². The van der Waals surface area contributed by atoms with Crippen molar-refractivity contribution in [3.8, 4) is 11.5 Å². The molecule has 1 aliphatic heterocycles. The number of hydrogen-bond acceptors (Lipinski definition) is 6. The molecule has 2 amide bonds. The zero-order chi connectivity index (χ0) is 27.0. The van der Waals surface area contributed by atoms with Crippen LogP contribution in [0.1, 0.15) is 50.7 Å². The van der Waals surface area contributed by atoms with E-state index in [1.807, 2.05) is 38.1 Å². The van der Waals surface area contributed by atoms with Gasteiger partial charge in [0.2, 0.25) is 28.6 Å². The van der Waals surface area contributed by atoms with E-state index >= 15 is 0 Å². The molecule has 3 rings (SSSR count). The summed E-state index contributed by atoms with van der Waals surface area (Å²) in [6.45, 7) is 6.82. The molecule has 0 aliphatic carbocycles. The molecule has 0 saturated carbocycles. The van der Waals surface area contributed by atoms with Crippen molar-refractivity contribution in [1.82, 2.24) is 10.2 Å². The molecular weight excluding hydrogens is 494 g/mol. The summed E-state index contributed by atoms with van der Waals surface area (Å²) >= 11 is 0. The maximum absolute atomic E-state index is 13.4. The van der Waals surface area contributed by atoms with E-state index in [9.17, 15) is 18.0 Å². The number of hydrogen-bond donors (Lipinski definition) is 1. The predicted molar refractivity (Wildman–Crippen MR) is 143 cm³/mol. The number of anilines is 1. The minimum Gasteiger partial charge on any atom is -0.454 e. The van der Waals surface area contributed by atoms with Crippen LogP contribution in [0.15, 0.2) is 42.5 Å². The normalized spacial score (nSPS) is 13.2. The molecule has 0 aromatic heterocycles. The Bertz CT molecular complexity index is 1180. The van der Waals surface area contributed by atoms with Crippen molar-refractivity contribution in [3.05, 3.63) is 53.6 Å². The Balaban J connectivity index is 1.70. The van der Waals surface area contributed by atoms with Gasteiger partial charge < -0.3 is 19.7 Å². The Labute approximate surface area is 219 Å². The Hall–Kier alpha value is -3.27. The summed E-state index contributed by atoms with van der Waals surface area (Å²) in [5.74, 6) is 0.629. The lowest BCUT2D eigenvalue weighted by Gasteiger charge is -2.29. The fraction of sp³-hybridized carbons (Fsp3) is 0.481. The third-order valence-corrected chi connectivity index (χ3v) is 7.46. The summed E-state index contributed by atoms with van der Waals surface area (Å²) in [7, 11) is -3.60. The highest BCUT2D eigenvalue weighted by Gasteiger charge is 2.27. The first-order valence-electron chi connectivity index (χ1n) is 12.6. The molecule has 10 heteroatoms. The van der Waals surface area contributed by atoms with Gasteiger partial charge in [-0.2, -0.15) is 0 Å². The Morgan fingerprint density at radius 1 is 1.05 bits per heavy atom. The second-order valence-corrected chi connectivity index (χ2v) is 11.2. The second-order valence-electron chi connectivity index (χ2n) is 9.30. The maximum Gasteiger partial charge on any atom is 0.242 e. The van der Waals surface area contributed by atoms with E-state index in [-0.39, 0.29) is 38.0 Å². The first-order chi connectivity index (χ1) is 17.6. The number of nitrogens with one attached hydrogen (secondary N) is 1. The van der Waals surface area contributed by atoms with Crippen LogP contribution in [-0.2, 0) is 26.2 Å². The van der Waals surface area contributed by atoms with Gasteiger partial charge in [0.1, 0.15) is 6.04 Å². The van der Waals surface area contributed by atoms with Gasteiger partial charge in [-0.05, 0) is 44.4 Å².